The van der Waals surface area contributed by atoms with E-state index >= 15 is 43.2 Å². The summed E-state index contributed by atoms with van der Waals surface area (Å²) in [6.45, 7) is 14.2. The molecule has 0 aliphatic rings. The molecule has 0 spiro atoms. The SMILES string of the molecule is CCCCCNCC(=O)N(CC(=O)N(CC(=O)N(CCCCC)CC(=O)N(CC(=O)N(CC(=O)N(CCCCCN)CC(=O)N(CC(=O)N(CC(=O)N(CCCCCN)CC(=O)N(CC(=O)N(CC(N)=O)[C@@H](C)c1ccccc1)[C@@H](C)c1ccccc1)[C@@H](C)c1ccccc1)[C@@H](C)c1ccccc1)[C@@H](C)c1ccccc1)[C@@H](C)c1ccccc1)[C@@H](C)c1ccccc1)[C@@H](C)c1ccccc1. The minimum Gasteiger partial charge on any atom is -0.368 e. The highest BCUT2D eigenvalue weighted by atomic mass is 16.2. The van der Waals surface area contributed by atoms with Crippen LogP contribution in [0.25, 0.3) is 0 Å². The zero-order valence-electron chi connectivity index (χ0n) is 81.0. The minimum atomic E-state index is -0.842. The second-order valence-electron chi connectivity index (χ2n) is 35.1. The van der Waals surface area contributed by atoms with Gasteiger partial charge in [0.05, 0.1) is 81.1 Å². The van der Waals surface area contributed by atoms with Crippen molar-refractivity contribution in [1.29, 1.82) is 0 Å². The van der Waals surface area contributed by atoms with Gasteiger partial charge in [-0.2, -0.15) is 0 Å². The summed E-state index contributed by atoms with van der Waals surface area (Å²) in [6.07, 6.45) is 7.97. The first-order valence-corrected chi connectivity index (χ1v) is 48.1. The van der Waals surface area contributed by atoms with E-state index in [0.29, 0.717) is 98.8 Å². The summed E-state index contributed by atoms with van der Waals surface area (Å²) >= 11 is 0. The van der Waals surface area contributed by atoms with E-state index in [1.165, 1.54) is 49.0 Å². The molecular formula is C108H145N15O12. The lowest BCUT2D eigenvalue weighted by Crippen LogP contribution is -2.54. The maximum Gasteiger partial charge on any atom is 0.243 e. The Hall–Kier alpha value is -12.7. The molecule has 7 N–H and O–H groups in total. The fourth-order valence-electron chi connectivity index (χ4n) is 16.9. The molecule has 12 amide bonds. The van der Waals surface area contributed by atoms with Crippen molar-refractivity contribution < 1.29 is 57.5 Å². The molecule has 8 atom stereocenters. The number of unbranched alkanes of at least 4 members (excludes halogenated alkanes) is 8. The highest BCUT2D eigenvalue weighted by molar-refractivity contribution is 5.96. The van der Waals surface area contributed by atoms with E-state index < -0.39 is 179 Å². The fourth-order valence-corrected chi connectivity index (χ4v) is 16.9. The number of hydrogen-bond donors (Lipinski definition) is 4. The molecule has 8 rings (SSSR count). The van der Waals surface area contributed by atoms with Crippen molar-refractivity contribution in [3.8, 4) is 0 Å². The maximum absolute atomic E-state index is 16.1. The number of nitrogens with one attached hydrogen (secondary N) is 1. The van der Waals surface area contributed by atoms with Crippen LogP contribution in [0.15, 0.2) is 243 Å². The molecule has 0 radical (unpaired) electrons. The van der Waals surface area contributed by atoms with Crippen molar-refractivity contribution in [2.45, 2.75) is 195 Å². The number of hydrogen-bond acceptors (Lipinski definition) is 15. The molecular weight excluding hydrogens is 1700 g/mol. The number of benzene rings is 8. The number of carbonyl (C=O) groups is 12. The summed E-state index contributed by atoms with van der Waals surface area (Å²) < 4.78 is 0. The lowest BCUT2D eigenvalue weighted by Gasteiger charge is -2.38. The third-order valence-corrected chi connectivity index (χ3v) is 25.6. The molecule has 0 aromatic heterocycles. The molecule has 8 aromatic rings. The number of nitrogens with zero attached hydrogens (tertiary/aromatic N) is 11. The van der Waals surface area contributed by atoms with Crippen LogP contribution in [-0.4, -0.2) is 243 Å². The summed E-state index contributed by atoms with van der Waals surface area (Å²) in [5, 5.41) is 3.28. The van der Waals surface area contributed by atoms with Gasteiger partial charge in [0.1, 0.15) is 45.8 Å². The zero-order chi connectivity index (χ0) is 97.7. The van der Waals surface area contributed by atoms with Crippen LogP contribution in [0.4, 0.5) is 0 Å². The van der Waals surface area contributed by atoms with E-state index in [1.807, 2.05) is 263 Å². The molecule has 0 unspecified atom stereocenters. The van der Waals surface area contributed by atoms with E-state index in [2.05, 4.69) is 12.2 Å². The predicted molar refractivity (Wildman–Crippen MR) is 529 cm³/mol. The van der Waals surface area contributed by atoms with Gasteiger partial charge in [-0.25, -0.2) is 0 Å². The Kier molecular flexibility index (Phi) is 45.5. The second kappa shape index (κ2) is 57.1. The number of amides is 12. The third kappa shape index (κ3) is 33.4. The van der Waals surface area contributed by atoms with Crippen LogP contribution >= 0.6 is 0 Å². The summed E-state index contributed by atoms with van der Waals surface area (Å²) in [4.78, 5) is 200. The van der Waals surface area contributed by atoms with Crippen molar-refractivity contribution in [2.75, 3.05) is 118 Å². The average molecular weight is 1850 g/mol. The van der Waals surface area contributed by atoms with Crippen molar-refractivity contribution >= 4 is 70.9 Å². The molecule has 27 heteroatoms. The van der Waals surface area contributed by atoms with Gasteiger partial charge in [0, 0.05) is 19.6 Å². The van der Waals surface area contributed by atoms with Crippen LogP contribution in [0.5, 0.6) is 0 Å². The number of nitrogens with two attached hydrogens (primary N) is 3. The zero-order valence-corrected chi connectivity index (χ0v) is 81.0. The number of carbonyl (C=O) groups excluding carboxylic acids is 12. The quantitative estimate of drug-likeness (QED) is 0.0257. The van der Waals surface area contributed by atoms with Crippen molar-refractivity contribution in [3.63, 3.8) is 0 Å². The Morgan fingerprint density at radius 3 is 0.622 bits per heavy atom. The van der Waals surface area contributed by atoms with Crippen LogP contribution < -0.4 is 22.5 Å². The molecule has 0 bridgehead atoms. The smallest absolute Gasteiger partial charge is 0.243 e. The summed E-state index contributed by atoms with van der Waals surface area (Å²) in [5.41, 5.74) is 23.5. The van der Waals surface area contributed by atoms with E-state index in [9.17, 15) is 14.4 Å². The topological polar surface area (TPSA) is 331 Å². The largest absolute Gasteiger partial charge is 0.368 e. The van der Waals surface area contributed by atoms with Crippen LogP contribution in [-0.2, 0) is 57.5 Å². The molecule has 0 aliphatic carbocycles. The molecule has 0 saturated heterocycles. The molecule has 135 heavy (non-hydrogen) atoms. The van der Waals surface area contributed by atoms with Crippen LogP contribution in [0.2, 0.25) is 0 Å². The first kappa shape index (κ1) is 108. The molecule has 27 nitrogen and oxygen atoms in total. The molecule has 0 aliphatic heterocycles. The first-order chi connectivity index (χ1) is 65.1. The third-order valence-electron chi connectivity index (χ3n) is 25.6. The summed E-state index contributed by atoms with van der Waals surface area (Å²) in [5.74, 6) is -7.01. The van der Waals surface area contributed by atoms with Crippen molar-refractivity contribution in [2.24, 2.45) is 17.2 Å². The minimum absolute atomic E-state index is 0.0103. The van der Waals surface area contributed by atoms with Gasteiger partial charge < -0.3 is 76.4 Å². The monoisotopic (exact) mass is 1840 g/mol. The van der Waals surface area contributed by atoms with Crippen LogP contribution in [0.3, 0.4) is 0 Å². The fraction of sp³-hybridized carbons (Fsp3) is 0.444. The normalized spacial score (nSPS) is 12.9. The first-order valence-electron chi connectivity index (χ1n) is 48.1. The van der Waals surface area contributed by atoms with E-state index in [0.717, 1.165) is 42.4 Å². The Morgan fingerprint density at radius 2 is 0.415 bits per heavy atom. The Morgan fingerprint density at radius 1 is 0.230 bits per heavy atom. The standard InChI is InChI=1S/C108H145N15O12/c1-11-13-43-65-112-69-98(125)117(82(4)90-49-27-16-28-50-90)77-106(133)118(83(5)91-51-29-17-30-52-91)74-99(126)113(66-44-14-12-2)71-102(129)122(87(9)95-59-37-21-38-60-95)79-107(134)119(84(6)92-53-31-18-32-54-92)76-101(128)115(68-46-24-42-64-110)73-104(131)123(88(10)96-61-39-22-40-62-96)80-108(135)120(85(7)93-55-33-19-34-56-93)75-100(127)114(67-45-23-41-63-109)72-103(130)121(86(8)94-57-35-20-36-58-94)78-105(132)116(70-97(111)124)81(3)89-47-25-15-26-48-89/h15-22,25-40,47-62,81-88,112H,11-14,23-24,41-46,63-80,109-110H2,1-10H3,(H2,111,124)/t81-,82-,83-,84-,85-,86-,87-,88-/m0/s1. The Balaban J connectivity index is 1.13. The Bertz CT molecular complexity index is 4980. The van der Waals surface area contributed by atoms with Crippen LogP contribution in [0.1, 0.15) is 239 Å². The lowest BCUT2D eigenvalue weighted by atomic mass is 10.0. The highest BCUT2D eigenvalue weighted by Crippen LogP contribution is 2.32. The van der Waals surface area contributed by atoms with Crippen molar-refractivity contribution in [3.05, 3.63) is 287 Å². The van der Waals surface area contributed by atoms with Gasteiger partial charge in [0.2, 0.25) is 70.9 Å². The molecule has 724 valence electrons. The average Bonchev–Trinajstić information content (AvgIpc) is 0.824. The molecule has 0 fully saturated rings. The summed E-state index contributed by atoms with van der Waals surface area (Å²) in [6, 6.07) is 67.6. The van der Waals surface area contributed by atoms with Gasteiger partial charge in [0.25, 0.3) is 0 Å². The lowest BCUT2D eigenvalue weighted by molar-refractivity contribution is -0.152. The Labute approximate surface area is 800 Å². The van der Waals surface area contributed by atoms with Gasteiger partial charge in [-0.3, -0.25) is 57.5 Å². The van der Waals surface area contributed by atoms with Crippen molar-refractivity contribution in [1.82, 2.24) is 59.2 Å². The van der Waals surface area contributed by atoms with Crippen LogP contribution in [0, 0.1) is 0 Å². The molecule has 0 heterocycles. The van der Waals surface area contributed by atoms with E-state index in [4.69, 9.17) is 17.2 Å². The number of rotatable bonds is 58. The second-order valence-corrected chi connectivity index (χ2v) is 35.1. The predicted octanol–water partition coefficient (Wildman–Crippen LogP) is 13.9. The van der Waals surface area contributed by atoms with E-state index in [1.54, 1.807) is 46.4 Å². The molecule has 0 saturated carbocycles. The van der Waals surface area contributed by atoms with Gasteiger partial charge in [0.15, 0.2) is 0 Å². The van der Waals surface area contributed by atoms with Gasteiger partial charge >= 0.3 is 0 Å². The van der Waals surface area contributed by atoms with Gasteiger partial charge in [-0.05, 0) is 158 Å². The van der Waals surface area contributed by atoms with Gasteiger partial charge in [-0.1, -0.05) is 295 Å². The van der Waals surface area contributed by atoms with Gasteiger partial charge in [-0.15, -0.1) is 0 Å². The van der Waals surface area contributed by atoms with E-state index in [-0.39, 0.29) is 38.6 Å². The summed E-state index contributed by atoms with van der Waals surface area (Å²) in [7, 11) is 0. The molecule has 8 aromatic carbocycles. The maximum atomic E-state index is 16.1. The highest BCUT2D eigenvalue weighted by Gasteiger charge is 2.40. The number of primary amides is 1.